The van der Waals surface area contributed by atoms with Crippen LogP contribution in [-0.4, -0.2) is 8.42 Å². The molecule has 0 radical (unpaired) electrons. The zero-order valence-corrected chi connectivity index (χ0v) is 11.4. The number of anilines is 1. The van der Waals surface area contributed by atoms with Crippen LogP contribution in [0.2, 0.25) is 0 Å². The maximum atomic E-state index is 13.5. The second-order valence-corrected chi connectivity index (χ2v) is 5.85. The summed E-state index contributed by atoms with van der Waals surface area (Å²) in [6.45, 7) is 1.82. The molecule has 2 aromatic rings. The lowest BCUT2D eigenvalue weighted by Crippen LogP contribution is -2.15. The molecule has 1 N–H and O–H groups in total. The number of nitriles is 1. The highest BCUT2D eigenvalue weighted by atomic mass is 32.2. The third-order valence-electron chi connectivity index (χ3n) is 2.65. The smallest absolute Gasteiger partial charge is 0.263 e. The van der Waals surface area contributed by atoms with E-state index in [1.165, 1.54) is 12.1 Å². The lowest BCUT2D eigenvalue weighted by molar-refractivity contribution is 0.593. The first kappa shape index (κ1) is 14.0. The van der Waals surface area contributed by atoms with Crippen molar-refractivity contribution in [1.29, 1.82) is 5.26 Å². The summed E-state index contributed by atoms with van der Waals surface area (Å²) >= 11 is 0. The molecule has 0 aliphatic carbocycles. The van der Waals surface area contributed by atoms with Crippen molar-refractivity contribution in [3.63, 3.8) is 0 Å². The molecule has 0 aliphatic heterocycles. The minimum Gasteiger partial charge on any atom is -0.280 e. The molecule has 0 saturated heterocycles. The van der Waals surface area contributed by atoms with Crippen molar-refractivity contribution in [3.8, 4) is 6.07 Å². The molecule has 2 rings (SSSR count). The summed E-state index contributed by atoms with van der Waals surface area (Å²) in [7, 11) is -4.01. The van der Waals surface area contributed by atoms with E-state index in [0.29, 0.717) is 5.69 Å². The monoisotopic (exact) mass is 290 g/mol. The summed E-state index contributed by atoms with van der Waals surface area (Å²) in [6, 6.07) is 11.8. The van der Waals surface area contributed by atoms with Crippen LogP contribution in [0, 0.1) is 24.1 Å². The SMILES string of the molecule is Cc1cccc(NS(=O)(=O)c2cccc(F)c2C#N)c1. The van der Waals surface area contributed by atoms with Gasteiger partial charge in [-0.05, 0) is 36.8 Å². The van der Waals surface area contributed by atoms with E-state index in [-0.39, 0.29) is 4.90 Å². The van der Waals surface area contributed by atoms with Gasteiger partial charge in [-0.15, -0.1) is 0 Å². The Morgan fingerprint density at radius 2 is 1.90 bits per heavy atom. The average molecular weight is 290 g/mol. The Hall–Kier alpha value is -2.39. The number of sulfonamides is 1. The number of nitrogens with zero attached hydrogens (tertiary/aromatic N) is 1. The zero-order valence-electron chi connectivity index (χ0n) is 10.6. The average Bonchev–Trinajstić information content (AvgIpc) is 2.38. The van der Waals surface area contributed by atoms with Gasteiger partial charge in [-0.1, -0.05) is 18.2 Å². The van der Waals surface area contributed by atoms with Crippen LogP contribution >= 0.6 is 0 Å². The number of nitrogens with one attached hydrogen (secondary N) is 1. The third-order valence-corrected chi connectivity index (χ3v) is 4.07. The fourth-order valence-corrected chi connectivity index (χ4v) is 2.97. The minimum absolute atomic E-state index is 0.359. The molecule has 0 aliphatic rings. The van der Waals surface area contributed by atoms with Crippen LogP contribution in [0.3, 0.4) is 0 Å². The number of rotatable bonds is 3. The van der Waals surface area contributed by atoms with Crippen molar-refractivity contribution >= 4 is 15.7 Å². The number of hydrogen-bond acceptors (Lipinski definition) is 3. The molecule has 102 valence electrons. The molecule has 2 aromatic carbocycles. The van der Waals surface area contributed by atoms with E-state index in [2.05, 4.69) is 4.72 Å². The molecular weight excluding hydrogens is 279 g/mol. The van der Waals surface area contributed by atoms with Gasteiger partial charge in [0.2, 0.25) is 0 Å². The fourth-order valence-electron chi connectivity index (χ4n) is 1.76. The van der Waals surface area contributed by atoms with Gasteiger partial charge in [0.25, 0.3) is 10.0 Å². The van der Waals surface area contributed by atoms with Crippen LogP contribution < -0.4 is 4.72 Å². The molecule has 0 spiro atoms. The second-order valence-electron chi connectivity index (χ2n) is 4.20. The molecule has 0 fully saturated rings. The Balaban J connectivity index is 2.47. The first-order chi connectivity index (χ1) is 9.44. The lowest BCUT2D eigenvalue weighted by Gasteiger charge is -2.10. The largest absolute Gasteiger partial charge is 0.280 e. The molecule has 4 nitrogen and oxygen atoms in total. The standard InChI is InChI=1S/C14H11FN2O2S/c1-10-4-2-5-11(8-10)17-20(18,19)14-7-3-6-13(15)12(14)9-16/h2-8,17H,1H3. The van der Waals surface area contributed by atoms with Gasteiger partial charge in [0, 0.05) is 5.69 Å². The van der Waals surface area contributed by atoms with Crippen molar-refractivity contribution < 1.29 is 12.8 Å². The van der Waals surface area contributed by atoms with Crippen LogP contribution in [0.25, 0.3) is 0 Å². The Kier molecular flexibility index (Phi) is 3.72. The number of hydrogen-bond donors (Lipinski definition) is 1. The maximum Gasteiger partial charge on any atom is 0.263 e. The zero-order chi connectivity index (χ0) is 14.8. The van der Waals surface area contributed by atoms with Crippen LogP contribution in [0.1, 0.15) is 11.1 Å². The first-order valence-corrected chi connectivity index (χ1v) is 7.20. The molecule has 6 heteroatoms. The van der Waals surface area contributed by atoms with Gasteiger partial charge in [0.05, 0.1) is 0 Å². The van der Waals surface area contributed by atoms with E-state index in [1.54, 1.807) is 24.3 Å². The maximum absolute atomic E-state index is 13.5. The number of aryl methyl sites for hydroxylation is 1. The van der Waals surface area contributed by atoms with Crippen LogP contribution in [0.15, 0.2) is 47.4 Å². The number of benzene rings is 2. The van der Waals surface area contributed by atoms with E-state index >= 15 is 0 Å². The second kappa shape index (κ2) is 5.31. The van der Waals surface area contributed by atoms with Crippen LogP contribution in [0.5, 0.6) is 0 Å². The fraction of sp³-hybridized carbons (Fsp3) is 0.0714. The highest BCUT2D eigenvalue weighted by Crippen LogP contribution is 2.21. The lowest BCUT2D eigenvalue weighted by atomic mass is 10.2. The van der Waals surface area contributed by atoms with Gasteiger partial charge in [-0.25, -0.2) is 12.8 Å². The van der Waals surface area contributed by atoms with Gasteiger partial charge < -0.3 is 0 Å². The summed E-state index contributed by atoms with van der Waals surface area (Å²) in [5, 5.41) is 8.89. The van der Waals surface area contributed by atoms with Gasteiger partial charge in [0.15, 0.2) is 0 Å². The van der Waals surface area contributed by atoms with E-state index in [4.69, 9.17) is 5.26 Å². The minimum atomic E-state index is -4.01. The molecule has 0 amide bonds. The van der Waals surface area contributed by atoms with E-state index in [9.17, 15) is 12.8 Å². The molecular formula is C14H11FN2O2S. The molecule has 20 heavy (non-hydrogen) atoms. The highest BCUT2D eigenvalue weighted by molar-refractivity contribution is 7.92. The molecule has 0 heterocycles. The van der Waals surface area contributed by atoms with Crippen molar-refractivity contribution in [2.45, 2.75) is 11.8 Å². The first-order valence-electron chi connectivity index (χ1n) is 5.72. The quantitative estimate of drug-likeness (QED) is 0.945. The van der Waals surface area contributed by atoms with Gasteiger partial charge >= 0.3 is 0 Å². The van der Waals surface area contributed by atoms with Crippen molar-refractivity contribution in [3.05, 3.63) is 59.4 Å². The van der Waals surface area contributed by atoms with E-state index < -0.39 is 21.4 Å². The third kappa shape index (κ3) is 2.78. The summed E-state index contributed by atoms with van der Waals surface area (Å²) in [5.41, 5.74) is 0.746. The highest BCUT2D eigenvalue weighted by Gasteiger charge is 2.21. The Labute approximate surface area is 116 Å². The van der Waals surface area contributed by atoms with Crippen molar-refractivity contribution in [2.75, 3.05) is 4.72 Å². The van der Waals surface area contributed by atoms with Crippen molar-refractivity contribution in [2.24, 2.45) is 0 Å². The summed E-state index contributed by atoms with van der Waals surface area (Å²) in [5.74, 6) is -0.861. The van der Waals surface area contributed by atoms with Gasteiger partial charge in [0.1, 0.15) is 22.3 Å². The van der Waals surface area contributed by atoms with Crippen molar-refractivity contribution in [1.82, 2.24) is 0 Å². The summed E-state index contributed by atoms with van der Waals surface area (Å²) in [6.07, 6.45) is 0. The van der Waals surface area contributed by atoms with Crippen LogP contribution in [0.4, 0.5) is 10.1 Å². The Bertz CT molecular complexity index is 795. The van der Waals surface area contributed by atoms with Gasteiger partial charge in [-0.2, -0.15) is 5.26 Å². The predicted molar refractivity (Wildman–Crippen MR) is 73.1 cm³/mol. The van der Waals surface area contributed by atoms with E-state index in [1.807, 2.05) is 13.0 Å². The topological polar surface area (TPSA) is 70.0 Å². The van der Waals surface area contributed by atoms with Gasteiger partial charge in [-0.3, -0.25) is 4.72 Å². The predicted octanol–water partition coefficient (Wildman–Crippen LogP) is 2.81. The van der Waals surface area contributed by atoms with Crippen LogP contribution in [-0.2, 0) is 10.0 Å². The summed E-state index contributed by atoms with van der Waals surface area (Å²) in [4.78, 5) is -0.374. The molecule has 0 atom stereocenters. The molecule has 0 unspecified atom stereocenters. The number of halogens is 1. The molecule has 0 saturated carbocycles. The van der Waals surface area contributed by atoms with E-state index in [0.717, 1.165) is 11.6 Å². The molecule has 0 aromatic heterocycles. The molecule has 0 bridgehead atoms. The Morgan fingerprint density at radius 1 is 1.20 bits per heavy atom. The normalized spacial score (nSPS) is 10.8. The Morgan fingerprint density at radius 3 is 2.55 bits per heavy atom. The summed E-state index contributed by atoms with van der Waals surface area (Å²) < 4.78 is 40.2.